The minimum atomic E-state index is -1.27. The monoisotopic (exact) mass is 386 g/mol. The summed E-state index contributed by atoms with van der Waals surface area (Å²) in [5.41, 5.74) is 6.76. The Kier molecular flexibility index (Phi) is 5.27. The third-order valence-corrected chi connectivity index (χ3v) is 4.08. The molecule has 2 aliphatic heterocycles. The van der Waals surface area contributed by atoms with Crippen molar-refractivity contribution in [3.05, 3.63) is 22.7 Å². The van der Waals surface area contributed by atoms with Gasteiger partial charge in [0.15, 0.2) is 24.3 Å². The first kappa shape index (κ1) is 19.0. The van der Waals surface area contributed by atoms with Crippen LogP contribution in [0.3, 0.4) is 0 Å². The van der Waals surface area contributed by atoms with Gasteiger partial charge in [-0.25, -0.2) is 19.9 Å². The molecule has 0 unspecified atom stereocenters. The van der Waals surface area contributed by atoms with E-state index in [1.54, 1.807) is 0 Å². The van der Waals surface area contributed by atoms with Gasteiger partial charge in [-0.1, -0.05) is 0 Å². The number of ether oxygens (including phenoxy) is 3. The van der Waals surface area contributed by atoms with E-state index in [0.717, 1.165) is 4.57 Å². The van der Waals surface area contributed by atoms with E-state index in [0.29, 0.717) is 0 Å². The zero-order valence-corrected chi connectivity index (χ0v) is 14.0. The SMILES string of the molecule is C[C@H](O)[C@H](N)C(=O)ONc1ccn([C@@H]2O[C@H](CO)[C@H]3OC(=O)O[C@H]32)c(=O)n1. The molecular formula is C14H18N4O9. The van der Waals surface area contributed by atoms with Crippen LogP contribution in [0, 0.1) is 0 Å². The quantitative estimate of drug-likeness (QED) is 0.301. The van der Waals surface area contributed by atoms with E-state index in [-0.39, 0.29) is 5.82 Å². The number of anilines is 1. The van der Waals surface area contributed by atoms with Crippen LogP contribution in [0.5, 0.6) is 0 Å². The van der Waals surface area contributed by atoms with Gasteiger partial charge in [-0.3, -0.25) is 4.57 Å². The molecule has 5 N–H and O–H groups in total. The molecule has 0 aromatic carbocycles. The van der Waals surface area contributed by atoms with E-state index in [9.17, 15) is 24.6 Å². The van der Waals surface area contributed by atoms with E-state index in [4.69, 9.17) is 19.9 Å². The van der Waals surface area contributed by atoms with Crippen LogP contribution < -0.4 is 16.9 Å². The summed E-state index contributed by atoms with van der Waals surface area (Å²) < 4.78 is 16.5. The molecule has 2 aliphatic rings. The molecule has 0 saturated carbocycles. The lowest BCUT2D eigenvalue weighted by atomic mass is 10.1. The third kappa shape index (κ3) is 3.71. The molecule has 148 valence electrons. The molecule has 1 aromatic rings. The number of aromatic nitrogens is 2. The lowest BCUT2D eigenvalue weighted by Gasteiger charge is -2.18. The van der Waals surface area contributed by atoms with E-state index >= 15 is 0 Å². The van der Waals surface area contributed by atoms with Crippen LogP contribution in [0.25, 0.3) is 0 Å². The first-order chi connectivity index (χ1) is 12.8. The lowest BCUT2D eigenvalue weighted by Crippen LogP contribution is -2.42. The highest BCUT2D eigenvalue weighted by Gasteiger charge is 2.55. The minimum absolute atomic E-state index is 0.102. The number of fused-ring (bicyclic) bond motifs is 1. The second-order valence-electron chi connectivity index (χ2n) is 5.95. The maximum absolute atomic E-state index is 12.3. The summed E-state index contributed by atoms with van der Waals surface area (Å²) in [7, 11) is 0. The first-order valence-electron chi connectivity index (χ1n) is 7.95. The second kappa shape index (κ2) is 7.48. The molecule has 0 amide bonds. The number of nitrogens with one attached hydrogen (secondary N) is 1. The van der Waals surface area contributed by atoms with Crippen LogP contribution >= 0.6 is 0 Å². The van der Waals surface area contributed by atoms with Crippen molar-refractivity contribution in [1.82, 2.24) is 9.55 Å². The molecular weight excluding hydrogens is 368 g/mol. The van der Waals surface area contributed by atoms with Gasteiger partial charge >= 0.3 is 17.8 Å². The summed E-state index contributed by atoms with van der Waals surface area (Å²) in [6.45, 7) is 0.884. The molecule has 1 aromatic heterocycles. The predicted molar refractivity (Wildman–Crippen MR) is 84.0 cm³/mol. The zero-order chi connectivity index (χ0) is 19.7. The van der Waals surface area contributed by atoms with Crippen LogP contribution in [-0.2, 0) is 23.8 Å². The highest BCUT2D eigenvalue weighted by Crippen LogP contribution is 2.36. The van der Waals surface area contributed by atoms with Gasteiger partial charge in [0.2, 0.25) is 0 Å². The molecule has 0 bridgehead atoms. The number of aliphatic hydroxyl groups is 2. The average Bonchev–Trinajstić information content (AvgIpc) is 3.16. The van der Waals surface area contributed by atoms with Crippen molar-refractivity contribution >= 4 is 17.9 Å². The van der Waals surface area contributed by atoms with Crippen LogP contribution in [0.1, 0.15) is 13.2 Å². The topological polar surface area (TPSA) is 184 Å². The molecule has 13 heteroatoms. The summed E-state index contributed by atoms with van der Waals surface area (Å²) in [6.07, 6.45) is -4.43. The van der Waals surface area contributed by atoms with E-state index in [2.05, 4.69) is 15.3 Å². The minimum Gasteiger partial charge on any atom is -0.424 e. The lowest BCUT2D eigenvalue weighted by molar-refractivity contribution is -0.144. The Hall–Kier alpha value is -2.74. The van der Waals surface area contributed by atoms with Gasteiger partial charge in [-0.15, -0.1) is 0 Å². The van der Waals surface area contributed by atoms with Crippen molar-refractivity contribution in [3.63, 3.8) is 0 Å². The van der Waals surface area contributed by atoms with Gasteiger partial charge in [0.05, 0.1) is 12.7 Å². The van der Waals surface area contributed by atoms with E-state index in [1.807, 2.05) is 0 Å². The van der Waals surface area contributed by atoms with Crippen LogP contribution in [-0.4, -0.2) is 69.0 Å². The van der Waals surface area contributed by atoms with Crippen LogP contribution in [0.4, 0.5) is 10.6 Å². The molecule has 0 spiro atoms. The Bertz CT molecular complexity index is 782. The summed E-state index contributed by atoms with van der Waals surface area (Å²) in [4.78, 5) is 43.5. The Labute approximate surface area is 151 Å². The summed E-state index contributed by atoms with van der Waals surface area (Å²) in [5.74, 6) is -1.05. The third-order valence-electron chi connectivity index (χ3n) is 4.08. The summed E-state index contributed by atoms with van der Waals surface area (Å²) in [6, 6.07) is 0.0272. The molecule has 3 rings (SSSR count). The maximum Gasteiger partial charge on any atom is 0.509 e. The Morgan fingerprint density at radius 1 is 1.44 bits per heavy atom. The number of hydrogen-bond donors (Lipinski definition) is 4. The Morgan fingerprint density at radius 2 is 2.15 bits per heavy atom. The molecule has 2 saturated heterocycles. The molecule has 13 nitrogen and oxygen atoms in total. The maximum atomic E-state index is 12.3. The summed E-state index contributed by atoms with van der Waals surface area (Å²) in [5, 5.41) is 18.5. The Balaban J connectivity index is 1.71. The fourth-order valence-corrected chi connectivity index (χ4v) is 2.63. The van der Waals surface area contributed by atoms with Gasteiger partial charge in [0, 0.05) is 12.3 Å². The highest BCUT2D eigenvalue weighted by molar-refractivity contribution is 5.76. The number of hydrogen-bond acceptors (Lipinski definition) is 12. The van der Waals surface area contributed by atoms with E-state index < -0.39 is 61.1 Å². The first-order valence-corrected chi connectivity index (χ1v) is 7.95. The van der Waals surface area contributed by atoms with E-state index in [1.165, 1.54) is 19.2 Å². The molecule has 3 heterocycles. The van der Waals surface area contributed by atoms with Gasteiger partial charge < -0.3 is 35.0 Å². The molecule has 6 atom stereocenters. The van der Waals surface area contributed by atoms with Gasteiger partial charge in [-0.05, 0) is 6.92 Å². The van der Waals surface area contributed by atoms with Crippen molar-refractivity contribution in [3.8, 4) is 0 Å². The smallest absolute Gasteiger partial charge is 0.424 e. The number of carbonyl (C=O) groups is 2. The second-order valence-corrected chi connectivity index (χ2v) is 5.95. The van der Waals surface area contributed by atoms with Crippen molar-refractivity contribution in [2.75, 3.05) is 12.1 Å². The number of rotatable bonds is 6. The molecule has 27 heavy (non-hydrogen) atoms. The summed E-state index contributed by atoms with van der Waals surface area (Å²) >= 11 is 0. The fraction of sp³-hybridized carbons (Fsp3) is 0.571. The normalized spacial score (nSPS) is 28.7. The Morgan fingerprint density at radius 3 is 2.78 bits per heavy atom. The van der Waals surface area contributed by atoms with Crippen molar-refractivity contribution in [2.45, 2.75) is 43.6 Å². The van der Waals surface area contributed by atoms with Crippen LogP contribution in [0.2, 0.25) is 0 Å². The van der Waals surface area contributed by atoms with Crippen molar-refractivity contribution in [2.24, 2.45) is 5.73 Å². The standard InChI is InChI=1S/C14H18N4O9/c1-5(20)8(15)12(21)27-17-7-2-3-18(13(22)16-7)11-10-9(6(4-19)24-11)25-14(23)26-10/h2-3,5-6,8-11,19-20H,4,15H2,1H3,(H,16,17,22)/t5-,6+,8-,9+,10+,11+/m0/s1. The van der Waals surface area contributed by atoms with Gasteiger partial charge in [0.1, 0.15) is 12.1 Å². The molecule has 2 fully saturated rings. The number of aliphatic hydroxyl groups excluding tert-OH is 2. The number of nitrogens with zero attached hydrogens (tertiary/aromatic N) is 2. The van der Waals surface area contributed by atoms with Gasteiger partial charge in [-0.2, -0.15) is 4.98 Å². The molecule has 0 radical (unpaired) electrons. The zero-order valence-electron chi connectivity index (χ0n) is 14.0. The predicted octanol–water partition coefficient (Wildman–Crippen LogP) is -2.38. The average molecular weight is 386 g/mol. The number of carbonyl (C=O) groups excluding carboxylic acids is 2. The van der Waals surface area contributed by atoms with Crippen molar-refractivity contribution < 1.29 is 38.9 Å². The van der Waals surface area contributed by atoms with Crippen molar-refractivity contribution in [1.29, 1.82) is 0 Å². The largest absolute Gasteiger partial charge is 0.509 e. The number of nitrogens with two attached hydrogens (primary N) is 1. The highest BCUT2D eigenvalue weighted by atomic mass is 16.8. The molecule has 0 aliphatic carbocycles. The fourth-order valence-electron chi connectivity index (χ4n) is 2.63. The van der Waals surface area contributed by atoms with Gasteiger partial charge in [0.25, 0.3) is 0 Å². The van der Waals surface area contributed by atoms with Crippen LogP contribution in [0.15, 0.2) is 17.1 Å².